The van der Waals surface area contributed by atoms with Crippen molar-refractivity contribution in [1.29, 1.82) is 0 Å². The second-order valence-corrected chi connectivity index (χ2v) is 6.09. The predicted octanol–water partition coefficient (Wildman–Crippen LogP) is 1.92. The van der Waals surface area contributed by atoms with Crippen LogP contribution in [0, 0.1) is 0 Å². The fourth-order valence-corrected chi connectivity index (χ4v) is 3.00. The summed E-state index contributed by atoms with van der Waals surface area (Å²) in [6.07, 6.45) is 3.19. The van der Waals surface area contributed by atoms with Crippen LogP contribution in [-0.2, 0) is 23.2 Å². The number of nitrogens with one attached hydrogen (secondary N) is 1. The summed E-state index contributed by atoms with van der Waals surface area (Å²) >= 11 is 0. The third-order valence-electron chi connectivity index (χ3n) is 4.37. The van der Waals surface area contributed by atoms with Crippen LogP contribution in [0.1, 0.15) is 24.4 Å². The molecule has 0 bridgehead atoms. The van der Waals surface area contributed by atoms with Crippen molar-refractivity contribution in [2.24, 2.45) is 7.05 Å². The van der Waals surface area contributed by atoms with Gasteiger partial charge >= 0.3 is 0 Å². The van der Waals surface area contributed by atoms with E-state index in [1.807, 2.05) is 60.0 Å². The van der Waals surface area contributed by atoms with Gasteiger partial charge in [-0.3, -0.25) is 4.79 Å². The minimum Gasteiger partial charge on any atom is -0.364 e. The zero-order chi connectivity index (χ0) is 16.9. The maximum atomic E-state index is 12.9. The first-order chi connectivity index (χ1) is 11.7. The highest BCUT2D eigenvalue weighted by atomic mass is 35.5. The van der Waals surface area contributed by atoms with Gasteiger partial charge in [-0.15, -0.1) is 12.4 Å². The Hall–Kier alpha value is -1.89. The van der Waals surface area contributed by atoms with E-state index in [2.05, 4.69) is 10.3 Å². The lowest BCUT2D eigenvalue weighted by Crippen LogP contribution is -2.52. The third-order valence-corrected chi connectivity index (χ3v) is 4.37. The number of hydrogen-bond acceptors (Lipinski definition) is 4. The van der Waals surface area contributed by atoms with E-state index in [0.29, 0.717) is 19.7 Å². The molecule has 6 nitrogen and oxygen atoms in total. The number of nitrogens with zero attached hydrogens (tertiary/aromatic N) is 3. The first-order valence-electron chi connectivity index (χ1n) is 8.30. The van der Waals surface area contributed by atoms with E-state index in [4.69, 9.17) is 4.74 Å². The third kappa shape index (κ3) is 4.60. The molecule has 2 atom stereocenters. The van der Waals surface area contributed by atoms with Crippen LogP contribution in [0.5, 0.6) is 0 Å². The largest absolute Gasteiger partial charge is 0.364 e. The van der Waals surface area contributed by atoms with Crippen molar-refractivity contribution in [1.82, 2.24) is 19.8 Å². The lowest BCUT2D eigenvalue weighted by molar-refractivity contribution is -0.147. The number of carbonyl (C=O) groups is 1. The molecule has 7 heteroatoms. The molecule has 1 aliphatic heterocycles. The van der Waals surface area contributed by atoms with Gasteiger partial charge in [0.2, 0.25) is 0 Å². The molecule has 1 N–H and O–H groups in total. The molecule has 2 unspecified atom stereocenters. The maximum Gasteiger partial charge on any atom is 0.252 e. The summed E-state index contributed by atoms with van der Waals surface area (Å²) in [6.45, 7) is 4.42. The minimum absolute atomic E-state index is 0. The number of rotatable bonds is 5. The Balaban J connectivity index is 0.00000225. The van der Waals surface area contributed by atoms with Gasteiger partial charge in [-0.1, -0.05) is 30.3 Å². The molecule has 25 heavy (non-hydrogen) atoms. The molecular formula is C18H25ClN4O2. The fourth-order valence-electron chi connectivity index (χ4n) is 3.00. The Labute approximate surface area is 154 Å². The van der Waals surface area contributed by atoms with Crippen molar-refractivity contribution in [3.05, 3.63) is 54.1 Å². The lowest BCUT2D eigenvalue weighted by atomic mass is 10.1. The van der Waals surface area contributed by atoms with Gasteiger partial charge in [-0.2, -0.15) is 0 Å². The van der Waals surface area contributed by atoms with Crippen LogP contribution in [0.25, 0.3) is 0 Å². The second-order valence-electron chi connectivity index (χ2n) is 6.09. The molecule has 0 aliphatic carbocycles. The van der Waals surface area contributed by atoms with Crippen LogP contribution in [-0.4, -0.2) is 46.1 Å². The highest BCUT2D eigenvalue weighted by molar-refractivity contribution is 5.85. The zero-order valence-corrected chi connectivity index (χ0v) is 15.4. The average Bonchev–Trinajstić information content (AvgIpc) is 3.05. The van der Waals surface area contributed by atoms with Crippen LogP contribution in [0.3, 0.4) is 0 Å². The van der Waals surface area contributed by atoms with Crippen molar-refractivity contribution >= 4 is 18.3 Å². The van der Waals surface area contributed by atoms with Crippen molar-refractivity contribution in [3.63, 3.8) is 0 Å². The average molecular weight is 365 g/mol. The second kappa shape index (κ2) is 8.99. The van der Waals surface area contributed by atoms with Gasteiger partial charge in [0, 0.05) is 39.1 Å². The van der Waals surface area contributed by atoms with Crippen molar-refractivity contribution < 1.29 is 9.53 Å². The van der Waals surface area contributed by atoms with E-state index in [1.165, 1.54) is 0 Å². The first-order valence-corrected chi connectivity index (χ1v) is 8.30. The van der Waals surface area contributed by atoms with Crippen LogP contribution >= 0.6 is 12.4 Å². The van der Waals surface area contributed by atoms with Crippen molar-refractivity contribution in [3.8, 4) is 0 Å². The molecule has 1 saturated heterocycles. The maximum absolute atomic E-state index is 12.9. The number of hydrogen-bond donors (Lipinski definition) is 1. The SMILES string of the molecule is CC(OCc1ccccc1)C(=O)N1CCNCC1c1nccn1C.Cl. The number of piperazine rings is 1. The van der Waals surface area contributed by atoms with Gasteiger partial charge in [-0.05, 0) is 12.5 Å². The summed E-state index contributed by atoms with van der Waals surface area (Å²) in [5, 5.41) is 3.34. The molecular weight excluding hydrogens is 340 g/mol. The van der Waals surface area contributed by atoms with Gasteiger partial charge < -0.3 is 19.5 Å². The van der Waals surface area contributed by atoms with E-state index in [-0.39, 0.29) is 24.4 Å². The highest BCUT2D eigenvalue weighted by Gasteiger charge is 2.33. The zero-order valence-electron chi connectivity index (χ0n) is 14.6. The van der Waals surface area contributed by atoms with Gasteiger partial charge in [-0.25, -0.2) is 4.98 Å². The number of imidazole rings is 1. The van der Waals surface area contributed by atoms with Gasteiger partial charge in [0.25, 0.3) is 5.91 Å². The van der Waals surface area contributed by atoms with Gasteiger partial charge in [0.15, 0.2) is 0 Å². The molecule has 0 spiro atoms. The summed E-state index contributed by atoms with van der Waals surface area (Å²) < 4.78 is 7.77. The number of aromatic nitrogens is 2. The van der Waals surface area contributed by atoms with Gasteiger partial charge in [0.1, 0.15) is 18.0 Å². The topological polar surface area (TPSA) is 59.4 Å². The molecule has 2 heterocycles. The minimum atomic E-state index is -0.480. The van der Waals surface area contributed by atoms with E-state index in [0.717, 1.165) is 17.9 Å². The molecule has 1 fully saturated rings. The number of benzene rings is 1. The van der Waals surface area contributed by atoms with Crippen LogP contribution in [0.15, 0.2) is 42.7 Å². The Bertz CT molecular complexity index is 677. The predicted molar refractivity (Wildman–Crippen MR) is 98.5 cm³/mol. The van der Waals surface area contributed by atoms with Crippen molar-refractivity contribution in [2.45, 2.75) is 25.7 Å². The molecule has 3 rings (SSSR count). The number of aryl methyl sites for hydroxylation is 1. The summed E-state index contributed by atoms with van der Waals surface area (Å²) in [4.78, 5) is 19.2. The quantitative estimate of drug-likeness (QED) is 0.880. The fraction of sp³-hybridized carbons (Fsp3) is 0.444. The highest BCUT2D eigenvalue weighted by Crippen LogP contribution is 2.22. The summed E-state index contributed by atoms with van der Waals surface area (Å²) in [5.74, 6) is 0.909. The monoisotopic (exact) mass is 364 g/mol. The molecule has 0 saturated carbocycles. The normalized spacial score (nSPS) is 18.5. The molecule has 1 aromatic heterocycles. The Kier molecular flexibility index (Phi) is 6.99. The van der Waals surface area contributed by atoms with Crippen LogP contribution in [0.2, 0.25) is 0 Å². The molecule has 1 aromatic carbocycles. The number of halogens is 1. The number of ether oxygens (including phenoxy) is 1. The smallest absolute Gasteiger partial charge is 0.252 e. The lowest BCUT2D eigenvalue weighted by Gasteiger charge is -2.37. The molecule has 1 amide bonds. The summed E-state index contributed by atoms with van der Waals surface area (Å²) in [5.41, 5.74) is 1.07. The molecule has 0 radical (unpaired) electrons. The molecule has 136 valence electrons. The van der Waals surface area contributed by atoms with E-state index >= 15 is 0 Å². The number of amides is 1. The van der Waals surface area contributed by atoms with Crippen molar-refractivity contribution in [2.75, 3.05) is 19.6 Å². The Morgan fingerprint density at radius 3 is 2.84 bits per heavy atom. The van der Waals surface area contributed by atoms with Gasteiger partial charge in [0.05, 0.1) is 6.61 Å². The Morgan fingerprint density at radius 1 is 1.40 bits per heavy atom. The molecule has 1 aliphatic rings. The Morgan fingerprint density at radius 2 is 2.16 bits per heavy atom. The van der Waals surface area contributed by atoms with Crippen LogP contribution < -0.4 is 5.32 Å². The van der Waals surface area contributed by atoms with E-state index in [9.17, 15) is 4.79 Å². The summed E-state index contributed by atoms with van der Waals surface area (Å²) in [7, 11) is 1.95. The van der Waals surface area contributed by atoms with Crippen LogP contribution in [0.4, 0.5) is 0 Å². The molecule has 2 aromatic rings. The number of carbonyl (C=O) groups excluding carboxylic acids is 1. The first kappa shape index (κ1) is 19.4. The van der Waals surface area contributed by atoms with E-state index in [1.54, 1.807) is 6.20 Å². The van der Waals surface area contributed by atoms with E-state index < -0.39 is 6.10 Å². The standard InChI is InChI=1S/C18H24N4O2.ClH/c1-14(24-13-15-6-4-3-5-7-15)18(23)22-11-8-19-12-16(22)17-20-9-10-21(17)2;/h3-7,9-10,14,16,19H,8,11-13H2,1-2H3;1H. The summed E-state index contributed by atoms with van der Waals surface area (Å²) in [6, 6.07) is 9.85.